The van der Waals surface area contributed by atoms with Crippen molar-refractivity contribution in [3.8, 4) is 5.75 Å². The second-order valence-electron chi connectivity index (χ2n) is 6.66. The van der Waals surface area contributed by atoms with Crippen molar-refractivity contribution >= 4 is 34.5 Å². The maximum atomic E-state index is 12.1. The monoisotopic (exact) mass is 422 g/mol. The summed E-state index contributed by atoms with van der Waals surface area (Å²) in [7, 11) is 0. The number of ketones is 2. The van der Waals surface area contributed by atoms with Crippen LogP contribution in [0.4, 0.5) is 5.69 Å². The number of amides is 1. The highest BCUT2D eigenvalue weighted by Crippen LogP contribution is 2.18. The van der Waals surface area contributed by atoms with Crippen molar-refractivity contribution in [2.45, 2.75) is 32.3 Å². The summed E-state index contributed by atoms with van der Waals surface area (Å²) in [5, 5.41) is 4.60. The number of hydrogen-bond donors (Lipinski definition) is 1. The van der Waals surface area contributed by atoms with E-state index < -0.39 is 0 Å². The Morgan fingerprint density at radius 2 is 1.73 bits per heavy atom. The number of Topliss-reactive ketones (excluding diaryl/α,β-unsaturated/α-hetero) is 2. The number of thiophene rings is 1. The Bertz CT molecular complexity index is 970. The van der Waals surface area contributed by atoms with Crippen molar-refractivity contribution in [1.29, 1.82) is 0 Å². The van der Waals surface area contributed by atoms with Crippen LogP contribution < -0.4 is 10.1 Å². The fourth-order valence-electron chi connectivity index (χ4n) is 2.70. The van der Waals surface area contributed by atoms with E-state index >= 15 is 0 Å². The van der Waals surface area contributed by atoms with E-state index in [1.165, 1.54) is 11.3 Å². The van der Waals surface area contributed by atoms with Gasteiger partial charge in [-0.1, -0.05) is 12.1 Å². The lowest BCUT2D eigenvalue weighted by Gasteiger charge is -2.08. The Kier molecular flexibility index (Phi) is 7.86. The number of benzene rings is 1. The summed E-state index contributed by atoms with van der Waals surface area (Å²) in [5.74, 6) is 0.322. The second-order valence-corrected chi connectivity index (χ2v) is 7.61. The predicted octanol–water partition coefficient (Wildman–Crippen LogP) is 4.67. The number of pyridine rings is 1. The van der Waals surface area contributed by atoms with E-state index in [-0.39, 0.29) is 43.2 Å². The lowest BCUT2D eigenvalue weighted by molar-refractivity contribution is -0.122. The summed E-state index contributed by atoms with van der Waals surface area (Å²) in [6, 6.07) is 14.4. The van der Waals surface area contributed by atoms with Crippen LogP contribution in [0.25, 0.3) is 0 Å². The molecular weight excluding hydrogens is 400 g/mol. The number of nitrogens with one attached hydrogen (secondary N) is 1. The molecule has 0 aliphatic rings. The minimum absolute atomic E-state index is 0.0337. The highest BCUT2D eigenvalue weighted by Gasteiger charge is 2.12. The van der Waals surface area contributed by atoms with Crippen LogP contribution in [0.5, 0.6) is 5.75 Å². The fraction of sp³-hybridized carbons (Fsp3) is 0.217. The topological polar surface area (TPSA) is 85.4 Å². The predicted molar refractivity (Wildman–Crippen MR) is 116 cm³/mol. The molecule has 0 saturated heterocycles. The van der Waals surface area contributed by atoms with Gasteiger partial charge in [0.25, 0.3) is 0 Å². The molecule has 0 aliphatic heterocycles. The van der Waals surface area contributed by atoms with Gasteiger partial charge in [0.05, 0.1) is 4.88 Å². The van der Waals surface area contributed by atoms with Crippen LogP contribution >= 0.6 is 11.3 Å². The average molecular weight is 423 g/mol. The first-order valence-corrected chi connectivity index (χ1v) is 10.5. The zero-order chi connectivity index (χ0) is 21.2. The van der Waals surface area contributed by atoms with E-state index in [0.717, 1.165) is 5.56 Å². The van der Waals surface area contributed by atoms with Gasteiger partial charge in [0.2, 0.25) is 5.91 Å². The summed E-state index contributed by atoms with van der Waals surface area (Å²) in [4.78, 5) is 40.6. The average Bonchev–Trinajstić information content (AvgIpc) is 3.31. The van der Waals surface area contributed by atoms with E-state index in [4.69, 9.17) is 4.74 Å². The number of ether oxygens (including phenoxy) is 1. The number of carbonyl (C=O) groups excluding carboxylic acids is 3. The number of hydrogen-bond acceptors (Lipinski definition) is 6. The van der Waals surface area contributed by atoms with Gasteiger partial charge in [-0.3, -0.25) is 19.4 Å². The van der Waals surface area contributed by atoms with Gasteiger partial charge in [-0.2, -0.15) is 0 Å². The molecule has 0 bridgehead atoms. The van der Waals surface area contributed by atoms with E-state index in [1.54, 1.807) is 42.7 Å². The van der Waals surface area contributed by atoms with E-state index in [2.05, 4.69) is 10.3 Å². The van der Waals surface area contributed by atoms with Crippen LogP contribution in [0.3, 0.4) is 0 Å². The number of carbonyl (C=O) groups is 3. The molecule has 7 heteroatoms. The molecule has 2 heterocycles. The molecule has 0 aliphatic carbocycles. The third kappa shape index (κ3) is 6.93. The zero-order valence-corrected chi connectivity index (χ0v) is 17.2. The molecule has 1 amide bonds. The van der Waals surface area contributed by atoms with E-state index in [9.17, 15) is 14.4 Å². The maximum Gasteiger partial charge on any atom is 0.224 e. The minimum atomic E-state index is -0.239. The molecule has 0 radical (unpaired) electrons. The molecule has 1 N–H and O–H groups in total. The van der Waals surface area contributed by atoms with Crippen molar-refractivity contribution in [1.82, 2.24) is 4.98 Å². The summed E-state index contributed by atoms with van der Waals surface area (Å²) in [6.07, 6.45) is 4.00. The molecule has 0 atom stereocenters. The second kappa shape index (κ2) is 11.0. The van der Waals surface area contributed by atoms with Gasteiger partial charge in [-0.05, 0) is 41.8 Å². The Morgan fingerprint density at radius 3 is 2.43 bits per heavy atom. The molecule has 2 aromatic heterocycles. The van der Waals surface area contributed by atoms with Gasteiger partial charge < -0.3 is 10.1 Å². The van der Waals surface area contributed by atoms with Gasteiger partial charge >= 0.3 is 0 Å². The molecule has 3 rings (SSSR count). The number of nitrogens with zero attached hydrogens (tertiary/aromatic N) is 1. The Hall–Kier alpha value is -3.32. The van der Waals surface area contributed by atoms with Crippen molar-refractivity contribution in [2.24, 2.45) is 0 Å². The van der Waals surface area contributed by atoms with Crippen molar-refractivity contribution < 1.29 is 19.1 Å². The molecule has 1 aromatic carbocycles. The first-order chi connectivity index (χ1) is 14.6. The van der Waals surface area contributed by atoms with Crippen LogP contribution in [0.15, 0.2) is 66.3 Å². The zero-order valence-electron chi connectivity index (χ0n) is 16.4. The lowest BCUT2D eigenvalue weighted by atomic mass is 10.1. The molecule has 6 nitrogen and oxygen atoms in total. The Morgan fingerprint density at radius 1 is 0.933 bits per heavy atom. The van der Waals surface area contributed by atoms with Gasteiger partial charge in [0.1, 0.15) is 18.1 Å². The van der Waals surface area contributed by atoms with Crippen LogP contribution in [0.2, 0.25) is 0 Å². The minimum Gasteiger partial charge on any atom is -0.489 e. The summed E-state index contributed by atoms with van der Waals surface area (Å²) in [6.45, 7) is 0.413. The molecule has 0 saturated carbocycles. The molecule has 0 fully saturated rings. The number of rotatable bonds is 11. The molecule has 0 spiro atoms. The van der Waals surface area contributed by atoms with Gasteiger partial charge in [-0.25, -0.2) is 0 Å². The third-order valence-electron chi connectivity index (χ3n) is 4.32. The summed E-state index contributed by atoms with van der Waals surface area (Å²) in [5.41, 5.74) is 1.60. The SMILES string of the molecule is O=C(CCC(=O)Nc1ccc(OCc2cccnc2)cc1)CCC(=O)c1cccs1. The summed E-state index contributed by atoms with van der Waals surface area (Å²) < 4.78 is 5.68. The quantitative estimate of drug-likeness (QED) is 0.454. The molecule has 154 valence electrons. The maximum absolute atomic E-state index is 12.1. The first kappa shape index (κ1) is 21.4. The Balaban J connectivity index is 1.36. The third-order valence-corrected chi connectivity index (χ3v) is 5.24. The standard InChI is InChI=1S/C23H22N2O4S/c26-19(7-11-21(27)22-4-2-14-30-22)8-12-23(28)25-18-5-9-20(10-6-18)29-16-17-3-1-13-24-15-17/h1-6,9-10,13-15H,7-8,11-12,16H2,(H,25,28). The van der Waals surface area contributed by atoms with Crippen LogP contribution in [-0.4, -0.2) is 22.5 Å². The number of anilines is 1. The van der Waals surface area contributed by atoms with Crippen molar-refractivity contribution in [2.75, 3.05) is 5.32 Å². The molecule has 3 aromatic rings. The number of aromatic nitrogens is 1. The molecule has 30 heavy (non-hydrogen) atoms. The van der Waals surface area contributed by atoms with Gasteiger partial charge in [-0.15, -0.1) is 11.3 Å². The van der Waals surface area contributed by atoms with Crippen molar-refractivity contribution in [3.63, 3.8) is 0 Å². The van der Waals surface area contributed by atoms with Gasteiger partial charge in [0, 0.05) is 49.3 Å². The largest absolute Gasteiger partial charge is 0.489 e. The summed E-state index contributed by atoms with van der Waals surface area (Å²) >= 11 is 1.37. The Labute approximate surface area is 178 Å². The fourth-order valence-corrected chi connectivity index (χ4v) is 3.39. The highest BCUT2D eigenvalue weighted by atomic mass is 32.1. The van der Waals surface area contributed by atoms with Crippen LogP contribution in [-0.2, 0) is 16.2 Å². The van der Waals surface area contributed by atoms with Crippen LogP contribution in [0.1, 0.15) is 40.9 Å². The molecular formula is C23H22N2O4S. The smallest absolute Gasteiger partial charge is 0.224 e. The first-order valence-electron chi connectivity index (χ1n) is 9.60. The lowest BCUT2D eigenvalue weighted by Crippen LogP contribution is -2.13. The van der Waals surface area contributed by atoms with Crippen molar-refractivity contribution in [3.05, 3.63) is 76.7 Å². The van der Waals surface area contributed by atoms with E-state index in [1.807, 2.05) is 23.6 Å². The highest BCUT2D eigenvalue weighted by molar-refractivity contribution is 7.12. The molecule has 0 unspecified atom stereocenters. The van der Waals surface area contributed by atoms with E-state index in [0.29, 0.717) is 22.9 Å². The van der Waals surface area contributed by atoms with Gasteiger partial charge in [0.15, 0.2) is 5.78 Å². The van der Waals surface area contributed by atoms with Crippen LogP contribution in [0, 0.1) is 0 Å². The normalized spacial score (nSPS) is 10.4.